The second-order valence-electron chi connectivity index (χ2n) is 14.3. The summed E-state index contributed by atoms with van der Waals surface area (Å²) in [5, 5.41) is 5.53. The van der Waals surface area contributed by atoms with Crippen molar-refractivity contribution in [2.24, 2.45) is 0 Å². The second-order valence-corrected chi connectivity index (χ2v) is 14.3. The SMILES string of the molecule is Cc1ccc(C(C(=O)NC(Cc2ccccc2)C(=O)OC(C)(C)C)N(C(=O)C(C)NC(=O)OC(C)(C)C)C(C)(C)C)cc1C. The highest BCUT2D eigenvalue weighted by molar-refractivity contribution is 5.94. The van der Waals surface area contributed by atoms with Crippen molar-refractivity contribution in [2.75, 3.05) is 0 Å². The van der Waals surface area contributed by atoms with Gasteiger partial charge in [-0.3, -0.25) is 9.59 Å². The van der Waals surface area contributed by atoms with Gasteiger partial charge < -0.3 is 25.0 Å². The minimum Gasteiger partial charge on any atom is -0.458 e. The van der Waals surface area contributed by atoms with Gasteiger partial charge in [0.05, 0.1) is 0 Å². The van der Waals surface area contributed by atoms with E-state index in [-0.39, 0.29) is 6.42 Å². The Balaban J connectivity index is 2.60. The number of carbonyl (C=O) groups is 4. The summed E-state index contributed by atoms with van der Waals surface area (Å²) in [5.41, 5.74) is 0.967. The monoisotopic (exact) mass is 609 g/mol. The Morgan fingerprint density at radius 3 is 1.84 bits per heavy atom. The lowest BCUT2D eigenvalue weighted by molar-refractivity contribution is -0.159. The van der Waals surface area contributed by atoms with Crippen molar-refractivity contribution in [1.29, 1.82) is 0 Å². The second kappa shape index (κ2) is 14.3. The normalized spacial score (nSPS) is 14.1. The van der Waals surface area contributed by atoms with Crippen LogP contribution in [0.15, 0.2) is 48.5 Å². The molecular weight excluding hydrogens is 558 g/mol. The van der Waals surface area contributed by atoms with Crippen molar-refractivity contribution < 1.29 is 28.7 Å². The van der Waals surface area contributed by atoms with E-state index in [4.69, 9.17) is 9.47 Å². The average Bonchev–Trinajstić information content (AvgIpc) is 2.85. The summed E-state index contributed by atoms with van der Waals surface area (Å²) < 4.78 is 11.1. The minimum atomic E-state index is -1.13. The van der Waals surface area contributed by atoms with Gasteiger partial charge in [0.25, 0.3) is 0 Å². The molecule has 2 aromatic rings. The van der Waals surface area contributed by atoms with Gasteiger partial charge in [0, 0.05) is 12.0 Å². The molecule has 0 fully saturated rings. The molecule has 9 nitrogen and oxygen atoms in total. The quantitative estimate of drug-likeness (QED) is 0.340. The highest BCUT2D eigenvalue weighted by atomic mass is 16.6. The van der Waals surface area contributed by atoms with Crippen LogP contribution in [0.25, 0.3) is 0 Å². The zero-order valence-corrected chi connectivity index (χ0v) is 28.5. The van der Waals surface area contributed by atoms with Crippen molar-refractivity contribution in [3.63, 3.8) is 0 Å². The number of benzene rings is 2. The summed E-state index contributed by atoms with van der Waals surface area (Å²) in [6, 6.07) is 11.8. The van der Waals surface area contributed by atoms with Crippen LogP contribution in [0.2, 0.25) is 0 Å². The first-order valence-electron chi connectivity index (χ1n) is 15.1. The molecule has 2 aromatic carbocycles. The molecule has 0 heterocycles. The van der Waals surface area contributed by atoms with Crippen molar-refractivity contribution in [3.8, 4) is 0 Å². The predicted molar refractivity (Wildman–Crippen MR) is 172 cm³/mol. The zero-order chi connectivity index (χ0) is 33.6. The van der Waals surface area contributed by atoms with Crippen LogP contribution in [-0.4, -0.2) is 57.6 Å². The van der Waals surface area contributed by atoms with E-state index in [0.29, 0.717) is 5.56 Å². The molecule has 0 aliphatic carbocycles. The molecule has 0 aromatic heterocycles. The number of esters is 1. The lowest BCUT2D eigenvalue weighted by Gasteiger charge is -2.43. The van der Waals surface area contributed by atoms with Gasteiger partial charge in [-0.15, -0.1) is 0 Å². The highest BCUT2D eigenvalue weighted by Gasteiger charge is 2.42. The zero-order valence-electron chi connectivity index (χ0n) is 28.5. The van der Waals surface area contributed by atoms with E-state index in [1.807, 2.05) is 83.1 Å². The Labute approximate surface area is 263 Å². The van der Waals surface area contributed by atoms with E-state index < -0.39 is 58.7 Å². The Morgan fingerprint density at radius 1 is 0.773 bits per heavy atom. The Hall–Kier alpha value is -3.88. The molecule has 0 aliphatic rings. The third-order valence-electron chi connectivity index (χ3n) is 6.71. The van der Waals surface area contributed by atoms with Gasteiger partial charge in [-0.25, -0.2) is 9.59 Å². The van der Waals surface area contributed by atoms with Gasteiger partial charge >= 0.3 is 12.1 Å². The molecule has 3 amide bonds. The first-order valence-corrected chi connectivity index (χ1v) is 15.1. The van der Waals surface area contributed by atoms with E-state index in [9.17, 15) is 19.2 Å². The van der Waals surface area contributed by atoms with Crippen LogP contribution in [0.4, 0.5) is 4.79 Å². The molecule has 3 unspecified atom stereocenters. The van der Waals surface area contributed by atoms with Crippen LogP contribution >= 0.6 is 0 Å². The predicted octanol–water partition coefficient (Wildman–Crippen LogP) is 5.95. The Kier molecular flexibility index (Phi) is 11.8. The molecule has 0 bridgehead atoms. The smallest absolute Gasteiger partial charge is 0.408 e. The van der Waals surface area contributed by atoms with Crippen LogP contribution < -0.4 is 10.6 Å². The molecule has 0 aliphatic heterocycles. The number of amides is 3. The lowest BCUT2D eigenvalue weighted by Crippen LogP contribution is -2.59. The lowest BCUT2D eigenvalue weighted by atomic mass is 9.93. The molecule has 44 heavy (non-hydrogen) atoms. The van der Waals surface area contributed by atoms with Gasteiger partial charge in [-0.1, -0.05) is 48.5 Å². The topological polar surface area (TPSA) is 114 Å². The summed E-state index contributed by atoms with van der Waals surface area (Å²) in [6.07, 6.45) is -0.548. The molecule has 0 saturated heterocycles. The number of nitrogens with zero attached hydrogens (tertiary/aromatic N) is 1. The number of aryl methyl sites for hydroxylation is 2. The number of carbonyl (C=O) groups excluding carboxylic acids is 4. The fourth-order valence-corrected chi connectivity index (χ4v) is 4.62. The van der Waals surface area contributed by atoms with Crippen molar-refractivity contribution in [2.45, 2.75) is 124 Å². The van der Waals surface area contributed by atoms with Crippen LogP contribution in [0.3, 0.4) is 0 Å². The standard InChI is InChI=1S/C35H51N3O6/c1-22-18-19-26(20-23(22)2)28(38(33(4,5)6)30(40)24(3)36-32(42)44-35(10,11)12)29(39)37-27(31(41)43-34(7,8)9)21-25-16-14-13-15-17-25/h13-20,24,27-28H,21H2,1-12H3,(H,36,42)(H,37,39). The van der Waals surface area contributed by atoms with Gasteiger partial charge in [0.2, 0.25) is 11.8 Å². The fourth-order valence-electron chi connectivity index (χ4n) is 4.62. The summed E-state index contributed by atoms with van der Waals surface area (Å²) >= 11 is 0. The summed E-state index contributed by atoms with van der Waals surface area (Å²) in [5.74, 6) is -1.62. The van der Waals surface area contributed by atoms with Crippen molar-refractivity contribution in [1.82, 2.24) is 15.5 Å². The number of ether oxygens (including phenoxy) is 2. The third kappa shape index (κ3) is 11.0. The van der Waals surface area contributed by atoms with E-state index in [1.165, 1.54) is 4.90 Å². The van der Waals surface area contributed by atoms with E-state index in [0.717, 1.165) is 16.7 Å². The maximum atomic E-state index is 14.4. The first-order chi connectivity index (χ1) is 20.1. The molecule has 3 atom stereocenters. The van der Waals surface area contributed by atoms with Crippen LogP contribution in [0, 0.1) is 13.8 Å². The van der Waals surface area contributed by atoms with E-state index >= 15 is 0 Å². The third-order valence-corrected chi connectivity index (χ3v) is 6.71. The van der Waals surface area contributed by atoms with Crippen molar-refractivity contribution >= 4 is 23.9 Å². The van der Waals surface area contributed by atoms with Gasteiger partial charge in [-0.2, -0.15) is 0 Å². The fraction of sp³-hybridized carbons (Fsp3) is 0.543. The summed E-state index contributed by atoms with van der Waals surface area (Å²) in [6.45, 7) is 21.4. The Bertz CT molecular complexity index is 1320. The van der Waals surface area contributed by atoms with E-state index in [1.54, 1.807) is 48.5 Å². The van der Waals surface area contributed by atoms with Crippen molar-refractivity contribution in [3.05, 3.63) is 70.8 Å². The molecule has 2 N–H and O–H groups in total. The van der Waals surface area contributed by atoms with Crippen LogP contribution in [0.1, 0.15) is 97.5 Å². The molecule has 242 valence electrons. The highest BCUT2D eigenvalue weighted by Crippen LogP contribution is 2.31. The van der Waals surface area contributed by atoms with Crippen LogP contribution in [-0.2, 0) is 30.3 Å². The molecular formula is C35H51N3O6. The summed E-state index contributed by atoms with van der Waals surface area (Å²) in [7, 11) is 0. The number of rotatable bonds is 9. The maximum absolute atomic E-state index is 14.4. The van der Waals surface area contributed by atoms with E-state index in [2.05, 4.69) is 10.6 Å². The Morgan fingerprint density at radius 2 is 1.34 bits per heavy atom. The van der Waals surface area contributed by atoms with Gasteiger partial charge in [-0.05, 0) is 105 Å². The van der Waals surface area contributed by atoms with Crippen LogP contribution in [0.5, 0.6) is 0 Å². The number of hydrogen-bond acceptors (Lipinski definition) is 6. The largest absolute Gasteiger partial charge is 0.458 e. The molecule has 0 spiro atoms. The number of alkyl carbamates (subject to hydrolysis) is 1. The molecule has 0 saturated carbocycles. The minimum absolute atomic E-state index is 0.196. The summed E-state index contributed by atoms with van der Waals surface area (Å²) in [4.78, 5) is 56.0. The van der Waals surface area contributed by atoms with Gasteiger partial charge in [0.1, 0.15) is 29.3 Å². The number of hydrogen-bond donors (Lipinski definition) is 2. The molecule has 2 rings (SSSR count). The van der Waals surface area contributed by atoms with Gasteiger partial charge in [0.15, 0.2) is 0 Å². The molecule has 9 heteroatoms. The first kappa shape index (κ1) is 36.3. The maximum Gasteiger partial charge on any atom is 0.408 e. The number of nitrogens with one attached hydrogen (secondary N) is 2. The average molecular weight is 610 g/mol. The molecule has 0 radical (unpaired) electrons.